The van der Waals surface area contributed by atoms with E-state index in [4.69, 9.17) is 15.3 Å². The molecule has 0 heterocycles. The van der Waals surface area contributed by atoms with Gasteiger partial charge in [0.15, 0.2) is 5.75 Å². The van der Waals surface area contributed by atoms with Gasteiger partial charge in [-0.3, -0.25) is 5.43 Å². The molecule has 0 saturated heterocycles. The Balaban J connectivity index is 3.30. The van der Waals surface area contributed by atoms with Gasteiger partial charge in [-0.15, -0.1) is 0 Å². The van der Waals surface area contributed by atoms with Crippen molar-refractivity contribution in [1.82, 2.24) is 0 Å². The lowest BCUT2D eigenvalue weighted by molar-refractivity contribution is 0.0591. The molecule has 1 aromatic carbocycles. The van der Waals surface area contributed by atoms with Crippen LogP contribution in [-0.2, 0) is 4.74 Å². The number of nitrogens with one attached hydrogen (secondary N) is 1. The third-order valence-corrected chi connectivity index (χ3v) is 2.20. The predicted molar refractivity (Wildman–Crippen MR) is 66.6 cm³/mol. The summed E-state index contributed by atoms with van der Waals surface area (Å²) in [5.41, 5.74) is 1.62. The monoisotopic (exact) mass is 276 g/mol. The van der Waals surface area contributed by atoms with Gasteiger partial charge in [0.1, 0.15) is 23.5 Å². The number of rotatable bonds is 4. The van der Waals surface area contributed by atoms with E-state index in [0.29, 0.717) is 0 Å². The van der Waals surface area contributed by atoms with E-state index in [0.717, 1.165) is 13.2 Å². The number of esters is 1. The van der Waals surface area contributed by atoms with Crippen LogP contribution >= 0.6 is 0 Å². The minimum atomic E-state index is -0.923. The molecule has 0 aliphatic heterocycles. The van der Waals surface area contributed by atoms with E-state index < -0.39 is 23.1 Å². The standard InChI is InChI=1S/C12H9FN4O3/c1-19-11-9(17-16-7(5-14)6-15)4-3-8(13)10(11)12(18)20-2/h3-4,17H,1-2H3. The van der Waals surface area contributed by atoms with Crippen LogP contribution in [0.5, 0.6) is 5.75 Å². The fraction of sp³-hybridized carbons (Fsp3) is 0.167. The van der Waals surface area contributed by atoms with Crippen LogP contribution in [0, 0.1) is 28.5 Å². The first-order valence-electron chi connectivity index (χ1n) is 5.17. The van der Waals surface area contributed by atoms with Crippen LogP contribution in [0.2, 0.25) is 0 Å². The highest BCUT2D eigenvalue weighted by Crippen LogP contribution is 2.31. The molecule has 1 aromatic rings. The molecule has 1 N–H and O–H groups in total. The van der Waals surface area contributed by atoms with E-state index in [1.807, 2.05) is 0 Å². The Morgan fingerprint density at radius 1 is 1.35 bits per heavy atom. The zero-order valence-corrected chi connectivity index (χ0v) is 10.6. The number of halogens is 1. The maximum absolute atomic E-state index is 13.6. The molecule has 102 valence electrons. The van der Waals surface area contributed by atoms with Gasteiger partial charge in [0, 0.05) is 0 Å². The SMILES string of the molecule is COC(=O)c1c(F)ccc(NN=C(C#N)C#N)c1OC. The molecular formula is C12H9FN4O3. The van der Waals surface area contributed by atoms with Crippen LogP contribution in [0.3, 0.4) is 0 Å². The Kier molecular flexibility index (Phi) is 5.01. The molecule has 20 heavy (non-hydrogen) atoms. The summed E-state index contributed by atoms with van der Waals surface area (Å²) in [5.74, 6) is -1.90. The summed E-state index contributed by atoms with van der Waals surface area (Å²) < 4.78 is 23.0. The van der Waals surface area contributed by atoms with Crippen LogP contribution in [-0.4, -0.2) is 25.9 Å². The van der Waals surface area contributed by atoms with E-state index in [1.54, 1.807) is 0 Å². The first-order valence-corrected chi connectivity index (χ1v) is 5.17. The summed E-state index contributed by atoms with van der Waals surface area (Å²) in [4.78, 5) is 11.5. The number of benzene rings is 1. The maximum Gasteiger partial charge on any atom is 0.344 e. The lowest BCUT2D eigenvalue weighted by Crippen LogP contribution is -2.09. The second-order valence-electron chi connectivity index (χ2n) is 3.29. The number of ether oxygens (including phenoxy) is 2. The third-order valence-electron chi connectivity index (χ3n) is 2.20. The van der Waals surface area contributed by atoms with Crippen molar-refractivity contribution in [3.8, 4) is 17.9 Å². The Morgan fingerprint density at radius 3 is 2.50 bits per heavy atom. The highest BCUT2D eigenvalue weighted by atomic mass is 19.1. The smallest absolute Gasteiger partial charge is 0.344 e. The average Bonchev–Trinajstić information content (AvgIpc) is 2.48. The van der Waals surface area contributed by atoms with Crippen LogP contribution in [0.15, 0.2) is 17.2 Å². The highest BCUT2D eigenvalue weighted by Gasteiger charge is 2.21. The van der Waals surface area contributed by atoms with Crippen molar-refractivity contribution in [1.29, 1.82) is 10.5 Å². The van der Waals surface area contributed by atoms with Crippen molar-refractivity contribution >= 4 is 17.4 Å². The molecule has 0 aromatic heterocycles. The highest BCUT2D eigenvalue weighted by molar-refractivity contribution is 6.10. The van der Waals surface area contributed by atoms with E-state index in [1.165, 1.54) is 25.3 Å². The lowest BCUT2D eigenvalue weighted by Gasteiger charge is -2.12. The van der Waals surface area contributed by atoms with Crippen LogP contribution in [0.1, 0.15) is 10.4 Å². The number of methoxy groups -OCH3 is 2. The van der Waals surface area contributed by atoms with Gasteiger partial charge >= 0.3 is 5.97 Å². The molecule has 0 aliphatic rings. The van der Waals surface area contributed by atoms with E-state index >= 15 is 0 Å². The zero-order valence-electron chi connectivity index (χ0n) is 10.6. The van der Waals surface area contributed by atoms with E-state index in [2.05, 4.69) is 15.3 Å². The van der Waals surface area contributed by atoms with Crippen molar-refractivity contribution in [2.24, 2.45) is 5.10 Å². The molecule has 7 nitrogen and oxygen atoms in total. The summed E-state index contributed by atoms with van der Waals surface area (Å²) in [7, 11) is 2.33. The fourth-order valence-corrected chi connectivity index (χ4v) is 1.34. The molecular weight excluding hydrogens is 267 g/mol. The summed E-state index contributed by atoms with van der Waals surface area (Å²) in [6, 6.07) is 5.33. The lowest BCUT2D eigenvalue weighted by atomic mass is 10.1. The van der Waals surface area contributed by atoms with Gasteiger partial charge in [-0.2, -0.15) is 15.6 Å². The number of nitriles is 2. The molecule has 8 heteroatoms. The summed E-state index contributed by atoms with van der Waals surface area (Å²) in [6.45, 7) is 0. The second-order valence-corrected chi connectivity index (χ2v) is 3.29. The van der Waals surface area contributed by atoms with Gasteiger partial charge < -0.3 is 9.47 Å². The van der Waals surface area contributed by atoms with Crippen molar-refractivity contribution in [3.05, 3.63) is 23.5 Å². The minimum absolute atomic E-state index is 0.109. The molecule has 1 rings (SSSR count). The number of nitrogens with zero attached hydrogens (tertiary/aromatic N) is 3. The van der Waals surface area contributed by atoms with E-state index in [-0.39, 0.29) is 11.4 Å². The van der Waals surface area contributed by atoms with Crippen LogP contribution in [0.25, 0.3) is 0 Å². The molecule has 0 aliphatic carbocycles. The Morgan fingerprint density at radius 2 is 2.00 bits per heavy atom. The molecule has 0 fully saturated rings. The van der Waals surface area contributed by atoms with Gasteiger partial charge in [0.25, 0.3) is 0 Å². The normalized spacial score (nSPS) is 8.85. The minimum Gasteiger partial charge on any atom is -0.493 e. The average molecular weight is 276 g/mol. The van der Waals surface area contributed by atoms with Gasteiger partial charge in [-0.05, 0) is 12.1 Å². The number of hydrogen-bond acceptors (Lipinski definition) is 7. The second kappa shape index (κ2) is 6.71. The summed E-state index contributed by atoms with van der Waals surface area (Å²) in [6.07, 6.45) is 0. The first-order chi connectivity index (χ1) is 9.58. The Bertz CT molecular complexity index is 627. The van der Waals surface area contributed by atoms with Gasteiger partial charge in [-0.1, -0.05) is 0 Å². The van der Waals surface area contributed by atoms with Gasteiger partial charge in [0.2, 0.25) is 5.71 Å². The van der Waals surface area contributed by atoms with Crippen molar-refractivity contribution in [2.45, 2.75) is 0 Å². The molecule has 0 unspecified atom stereocenters. The molecule has 0 spiro atoms. The topological polar surface area (TPSA) is 107 Å². The van der Waals surface area contributed by atoms with Crippen molar-refractivity contribution in [3.63, 3.8) is 0 Å². The third kappa shape index (κ3) is 3.00. The van der Waals surface area contributed by atoms with E-state index in [9.17, 15) is 9.18 Å². The summed E-state index contributed by atoms with van der Waals surface area (Å²) >= 11 is 0. The van der Waals surface area contributed by atoms with Crippen molar-refractivity contribution in [2.75, 3.05) is 19.6 Å². The number of carbonyl (C=O) groups is 1. The Labute approximate surface area is 113 Å². The maximum atomic E-state index is 13.6. The molecule has 0 bridgehead atoms. The molecule has 0 saturated carbocycles. The number of hydrogen-bond donors (Lipinski definition) is 1. The largest absolute Gasteiger partial charge is 0.493 e. The predicted octanol–water partition coefficient (Wildman–Crippen LogP) is 1.44. The van der Waals surface area contributed by atoms with Crippen molar-refractivity contribution < 1.29 is 18.7 Å². The summed E-state index contributed by atoms with van der Waals surface area (Å²) in [5, 5.41) is 20.6. The zero-order chi connectivity index (χ0) is 15.1. The molecule has 0 amide bonds. The first kappa shape index (κ1) is 14.9. The fourth-order valence-electron chi connectivity index (χ4n) is 1.34. The van der Waals surface area contributed by atoms with Gasteiger partial charge in [-0.25, -0.2) is 9.18 Å². The van der Waals surface area contributed by atoms with Gasteiger partial charge in [0.05, 0.1) is 19.9 Å². The number of carbonyl (C=O) groups excluding carboxylic acids is 1. The number of hydrazone groups is 1. The molecule has 0 radical (unpaired) electrons. The van der Waals surface area contributed by atoms with Crippen LogP contribution in [0.4, 0.5) is 10.1 Å². The van der Waals surface area contributed by atoms with Crippen LogP contribution < -0.4 is 10.2 Å². The number of anilines is 1. The molecule has 0 atom stereocenters. The Hall–Kier alpha value is -3.13. The quantitative estimate of drug-likeness (QED) is 0.506.